The fourth-order valence-corrected chi connectivity index (χ4v) is 4.24. The van der Waals surface area contributed by atoms with Gasteiger partial charge in [0.2, 0.25) is 0 Å². The van der Waals surface area contributed by atoms with E-state index in [2.05, 4.69) is 39.8 Å². The zero-order valence-corrected chi connectivity index (χ0v) is 17.5. The van der Waals surface area contributed by atoms with Crippen LogP contribution in [0, 0.1) is 0 Å². The summed E-state index contributed by atoms with van der Waals surface area (Å²) in [5.41, 5.74) is 7.82. The normalized spacial score (nSPS) is 12.5. The number of rotatable bonds is 6. The second kappa shape index (κ2) is 8.94. The molecule has 1 aliphatic carbocycles. The number of hydrogen-bond donors (Lipinski definition) is 2. The van der Waals surface area contributed by atoms with Gasteiger partial charge in [-0.3, -0.25) is 5.10 Å². The highest BCUT2D eigenvalue weighted by molar-refractivity contribution is 5.79. The predicted octanol–water partition coefficient (Wildman–Crippen LogP) is 5.63. The molecule has 5 rings (SSSR count). The highest BCUT2D eigenvalue weighted by Gasteiger charge is 2.28. The Morgan fingerprint density at radius 1 is 0.938 bits per heavy atom. The standard InChI is InChI=1S/C27H23N3O2/c31-27(28-16-8-11-20-17-29-30-26(20)19-9-2-1-3-10-19)32-18-25-23-14-6-4-12-21(23)22-13-5-7-15-24(22)25/h1-15,17,25H,16,18H2,(H,28,31)(H,29,30). The monoisotopic (exact) mass is 421 g/mol. The zero-order valence-electron chi connectivity index (χ0n) is 17.5. The van der Waals surface area contributed by atoms with Crippen molar-refractivity contribution in [2.45, 2.75) is 5.92 Å². The molecule has 32 heavy (non-hydrogen) atoms. The van der Waals surface area contributed by atoms with Crippen molar-refractivity contribution in [1.82, 2.24) is 15.5 Å². The van der Waals surface area contributed by atoms with Crippen molar-refractivity contribution in [3.63, 3.8) is 0 Å². The van der Waals surface area contributed by atoms with E-state index >= 15 is 0 Å². The Kier molecular flexibility index (Phi) is 5.54. The fourth-order valence-electron chi connectivity index (χ4n) is 4.24. The molecule has 158 valence electrons. The number of alkyl carbamates (subject to hydrolysis) is 1. The lowest BCUT2D eigenvalue weighted by molar-refractivity contribution is 0.144. The van der Waals surface area contributed by atoms with Gasteiger partial charge in [0, 0.05) is 23.6 Å². The van der Waals surface area contributed by atoms with Crippen molar-refractivity contribution < 1.29 is 9.53 Å². The Bertz CT molecular complexity index is 1220. The number of ether oxygens (including phenoxy) is 1. The van der Waals surface area contributed by atoms with E-state index in [4.69, 9.17) is 4.74 Å². The number of nitrogens with zero attached hydrogens (tertiary/aromatic N) is 1. The van der Waals surface area contributed by atoms with Crippen molar-refractivity contribution in [2.75, 3.05) is 13.2 Å². The lowest BCUT2D eigenvalue weighted by Gasteiger charge is -2.14. The summed E-state index contributed by atoms with van der Waals surface area (Å²) in [5.74, 6) is 0.0584. The molecule has 1 aliphatic rings. The highest BCUT2D eigenvalue weighted by Crippen LogP contribution is 2.44. The lowest BCUT2D eigenvalue weighted by atomic mass is 9.98. The molecule has 0 fully saturated rings. The molecular formula is C27H23N3O2. The summed E-state index contributed by atoms with van der Waals surface area (Å²) in [4.78, 5) is 12.3. The van der Waals surface area contributed by atoms with E-state index in [1.54, 1.807) is 6.20 Å². The summed E-state index contributed by atoms with van der Waals surface area (Å²) >= 11 is 0. The molecule has 5 heteroatoms. The number of aromatic nitrogens is 2. The number of benzene rings is 3. The summed E-state index contributed by atoms with van der Waals surface area (Å²) in [5, 5.41) is 9.96. The van der Waals surface area contributed by atoms with Gasteiger partial charge in [-0.15, -0.1) is 0 Å². The maximum absolute atomic E-state index is 12.3. The Balaban J connectivity index is 1.17. The Labute approximate surface area is 186 Å². The number of amides is 1. The Hall–Kier alpha value is -4.12. The molecule has 4 aromatic rings. The molecule has 1 amide bonds. The maximum atomic E-state index is 12.3. The Morgan fingerprint density at radius 3 is 2.31 bits per heavy atom. The van der Waals surface area contributed by atoms with Crippen molar-refractivity contribution in [3.05, 3.63) is 108 Å². The Morgan fingerprint density at radius 2 is 1.59 bits per heavy atom. The SMILES string of the molecule is O=C(NCC=Cc1cn[nH]c1-c1ccccc1)OCC1c2ccccc2-c2ccccc21. The van der Waals surface area contributed by atoms with Crippen LogP contribution in [0.25, 0.3) is 28.5 Å². The topological polar surface area (TPSA) is 67.0 Å². The van der Waals surface area contributed by atoms with Gasteiger partial charge in [0.25, 0.3) is 0 Å². The molecule has 0 spiro atoms. The van der Waals surface area contributed by atoms with E-state index in [9.17, 15) is 4.79 Å². The van der Waals surface area contributed by atoms with Crippen LogP contribution >= 0.6 is 0 Å². The van der Waals surface area contributed by atoms with Crippen LogP contribution in [0.3, 0.4) is 0 Å². The van der Waals surface area contributed by atoms with Gasteiger partial charge in [0.15, 0.2) is 0 Å². The molecule has 0 saturated heterocycles. The fraction of sp³-hybridized carbons (Fsp3) is 0.111. The summed E-state index contributed by atoms with van der Waals surface area (Å²) < 4.78 is 5.57. The van der Waals surface area contributed by atoms with Crippen LogP contribution in [0.2, 0.25) is 0 Å². The number of nitrogens with one attached hydrogen (secondary N) is 2. The predicted molar refractivity (Wildman–Crippen MR) is 126 cm³/mol. The summed E-state index contributed by atoms with van der Waals surface area (Å²) in [6, 6.07) is 26.6. The van der Waals surface area contributed by atoms with E-state index in [1.807, 2.05) is 66.7 Å². The van der Waals surface area contributed by atoms with Gasteiger partial charge < -0.3 is 10.1 Å². The molecule has 0 radical (unpaired) electrons. The maximum Gasteiger partial charge on any atom is 0.407 e. The van der Waals surface area contributed by atoms with Crippen molar-refractivity contribution >= 4 is 12.2 Å². The quantitative estimate of drug-likeness (QED) is 0.424. The molecule has 1 aromatic heterocycles. The van der Waals surface area contributed by atoms with E-state index in [0.717, 1.165) is 16.8 Å². The van der Waals surface area contributed by atoms with Crippen molar-refractivity contribution in [2.24, 2.45) is 0 Å². The molecule has 0 atom stereocenters. The summed E-state index contributed by atoms with van der Waals surface area (Å²) in [7, 11) is 0. The van der Waals surface area contributed by atoms with Gasteiger partial charge >= 0.3 is 6.09 Å². The molecule has 3 aromatic carbocycles. The molecule has 1 heterocycles. The largest absolute Gasteiger partial charge is 0.449 e. The van der Waals surface area contributed by atoms with Gasteiger partial charge in [-0.05, 0) is 22.3 Å². The minimum Gasteiger partial charge on any atom is -0.449 e. The molecule has 0 saturated carbocycles. The molecular weight excluding hydrogens is 398 g/mol. The average molecular weight is 422 g/mol. The van der Waals surface area contributed by atoms with Gasteiger partial charge in [-0.25, -0.2) is 4.79 Å². The van der Waals surface area contributed by atoms with Crippen LogP contribution in [0.4, 0.5) is 4.79 Å². The third-order valence-corrected chi connectivity index (χ3v) is 5.74. The molecule has 2 N–H and O–H groups in total. The van der Waals surface area contributed by atoms with Crippen LogP contribution in [-0.2, 0) is 4.74 Å². The van der Waals surface area contributed by atoms with E-state index in [1.165, 1.54) is 22.3 Å². The number of hydrogen-bond acceptors (Lipinski definition) is 3. The number of H-pyrrole nitrogens is 1. The lowest BCUT2D eigenvalue weighted by Crippen LogP contribution is -2.26. The first-order valence-electron chi connectivity index (χ1n) is 10.7. The molecule has 5 nitrogen and oxygen atoms in total. The smallest absolute Gasteiger partial charge is 0.407 e. The van der Waals surface area contributed by atoms with Gasteiger partial charge in [-0.2, -0.15) is 5.10 Å². The van der Waals surface area contributed by atoms with Gasteiger partial charge in [0.05, 0.1) is 11.9 Å². The van der Waals surface area contributed by atoms with Gasteiger partial charge in [-0.1, -0.05) is 91.0 Å². The number of fused-ring (bicyclic) bond motifs is 3. The summed E-state index contributed by atoms with van der Waals surface area (Å²) in [6.07, 6.45) is 5.17. The third kappa shape index (κ3) is 3.93. The van der Waals surface area contributed by atoms with Crippen LogP contribution < -0.4 is 5.32 Å². The van der Waals surface area contributed by atoms with Crippen LogP contribution in [0.15, 0.2) is 91.1 Å². The molecule has 0 aliphatic heterocycles. The third-order valence-electron chi connectivity index (χ3n) is 5.74. The average Bonchev–Trinajstić information content (AvgIpc) is 3.44. The summed E-state index contributed by atoms with van der Waals surface area (Å²) in [6.45, 7) is 0.680. The zero-order chi connectivity index (χ0) is 21.8. The number of carbonyl (C=O) groups excluding carboxylic acids is 1. The number of carbonyl (C=O) groups is 1. The van der Waals surface area contributed by atoms with Crippen molar-refractivity contribution in [3.8, 4) is 22.4 Å². The minimum atomic E-state index is -0.424. The van der Waals surface area contributed by atoms with Crippen LogP contribution in [0.1, 0.15) is 22.6 Å². The van der Waals surface area contributed by atoms with Crippen LogP contribution in [-0.4, -0.2) is 29.4 Å². The van der Waals surface area contributed by atoms with Crippen LogP contribution in [0.5, 0.6) is 0 Å². The molecule has 0 bridgehead atoms. The second-order valence-corrected chi connectivity index (χ2v) is 7.68. The van der Waals surface area contributed by atoms with E-state index in [0.29, 0.717) is 13.2 Å². The van der Waals surface area contributed by atoms with E-state index in [-0.39, 0.29) is 5.92 Å². The first-order valence-corrected chi connectivity index (χ1v) is 10.7. The highest BCUT2D eigenvalue weighted by atomic mass is 16.5. The molecule has 0 unspecified atom stereocenters. The number of aromatic amines is 1. The van der Waals surface area contributed by atoms with E-state index < -0.39 is 6.09 Å². The first kappa shape index (κ1) is 19.8. The van der Waals surface area contributed by atoms with Crippen molar-refractivity contribution in [1.29, 1.82) is 0 Å². The first-order chi connectivity index (χ1) is 15.8. The minimum absolute atomic E-state index is 0.0584. The second-order valence-electron chi connectivity index (χ2n) is 7.68. The van der Waals surface area contributed by atoms with Gasteiger partial charge in [0.1, 0.15) is 6.61 Å².